The Morgan fingerprint density at radius 3 is 2.74 bits per heavy atom. The van der Waals surface area contributed by atoms with E-state index in [4.69, 9.17) is 4.99 Å². The molecule has 2 aromatic heterocycles. The van der Waals surface area contributed by atoms with Gasteiger partial charge in [-0.05, 0) is 42.7 Å². The SMILES string of the molecule is Cc1ccncc1-n1ncc2c1N=C(C1CC(C)(C)C1)CC2=O. The molecule has 1 saturated carbocycles. The molecular formula is C18H20N4O. The van der Waals surface area contributed by atoms with E-state index in [-0.39, 0.29) is 5.78 Å². The Hall–Kier alpha value is -2.30. The van der Waals surface area contributed by atoms with Gasteiger partial charge < -0.3 is 0 Å². The van der Waals surface area contributed by atoms with Gasteiger partial charge in [0.25, 0.3) is 0 Å². The molecule has 2 aromatic rings. The number of carbonyl (C=O) groups excluding carboxylic acids is 1. The van der Waals surface area contributed by atoms with E-state index < -0.39 is 0 Å². The van der Waals surface area contributed by atoms with Crippen molar-refractivity contribution in [1.29, 1.82) is 0 Å². The molecule has 0 amide bonds. The van der Waals surface area contributed by atoms with Crippen molar-refractivity contribution in [3.05, 3.63) is 35.8 Å². The summed E-state index contributed by atoms with van der Waals surface area (Å²) in [6, 6.07) is 1.94. The van der Waals surface area contributed by atoms with Crippen molar-refractivity contribution in [2.75, 3.05) is 0 Å². The Bertz CT molecular complexity index is 823. The average molecular weight is 308 g/mol. The second kappa shape index (κ2) is 4.85. The van der Waals surface area contributed by atoms with Crippen molar-refractivity contribution >= 4 is 17.3 Å². The number of hydrogen-bond acceptors (Lipinski definition) is 4. The highest BCUT2D eigenvalue weighted by Gasteiger charge is 2.41. The lowest BCUT2D eigenvalue weighted by molar-refractivity contribution is 0.0987. The molecule has 1 aliphatic carbocycles. The monoisotopic (exact) mass is 308 g/mol. The number of rotatable bonds is 2. The van der Waals surface area contributed by atoms with Gasteiger partial charge in [-0.15, -0.1) is 0 Å². The number of nitrogens with zero attached hydrogens (tertiary/aromatic N) is 4. The van der Waals surface area contributed by atoms with Gasteiger partial charge >= 0.3 is 0 Å². The Morgan fingerprint density at radius 2 is 2.04 bits per heavy atom. The number of carbonyl (C=O) groups is 1. The van der Waals surface area contributed by atoms with E-state index >= 15 is 0 Å². The van der Waals surface area contributed by atoms with Crippen molar-refractivity contribution in [2.24, 2.45) is 16.3 Å². The first-order valence-corrected chi connectivity index (χ1v) is 8.04. The second-order valence-corrected chi connectivity index (χ2v) is 7.43. The Labute approximate surface area is 135 Å². The first kappa shape index (κ1) is 14.3. The lowest BCUT2D eigenvalue weighted by Crippen LogP contribution is -2.38. The number of hydrogen-bond donors (Lipinski definition) is 0. The van der Waals surface area contributed by atoms with Crippen molar-refractivity contribution in [3.63, 3.8) is 0 Å². The zero-order chi connectivity index (χ0) is 16.2. The molecule has 5 heteroatoms. The summed E-state index contributed by atoms with van der Waals surface area (Å²) in [5, 5.41) is 4.39. The Kier molecular flexibility index (Phi) is 3.01. The third-order valence-electron chi connectivity index (χ3n) is 4.94. The van der Waals surface area contributed by atoms with Crippen LogP contribution in [-0.2, 0) is 0 Å². The highest BCUT2D eigenvalue weighted by molar-refractivity contribution is 6.16. The third-order valence-corrected chi connectivity index (χ3v) is 4.94. The van der Waals surface area contributed by atoms with E-state index in [1.165, 1.54) is 0 Å². The van der Waals surface area contributed by atoms with Gasteiger partial charge in [0.05, 0.1) is 30.1 Å². The van der Waals surface area contributed by atoms with E-state index in [1.807, 2.05) is 13.0 Å². The van der Waals surface area contributed by atoms with E-state index in [0.29, 0.717) is 29.1 Å². The molecule has 1 aliphatic heterocycles. The van der Waals surface area contributed by atoms with Gasteiger partial charge in [0.1, 0.15) is 0 Å². The van der Waals surface area contributed by atoms with Gasteiger partial charge in [0, 0.05) is 11.9 Å². The first-order valence-electron chi connectivity index (χ1n) is 8.04. The number of aromatic nitrogens is 3. The summed E-state index contributed by atoms with van der Waals surface area (Å²) in [6.45, 7) is 6.54. The molecule has 5 nitrogen and oxygen atoms in total. The maximum Gasteiger partial charge on any atom is 0.173 e. The molecule has 4 rings (SSSR count). The molecule has 0 atom stereocenters. The van der Waals surface area contributed by atoms with Crippen LogP contribution >= 0.6 is 0 Å². The number of ketones is 1. The number of aryl methyl sites for hydroxylation is 1. The molecule has 0 unspecified atom stereocenters. The Morgan fingerprint density at radius 1 is 1.26 bits per heavy atom. The maximum atomic E-state index is 12.5. The van der Waals surface area contributed by atoms with Crippen LogP contribution in [0, 0.1) is 18.3 Å². The van der Waals surface area contributed by atoms with Gasteiger partial charge in [-0.3, -0.25) is 9.78 Å². The summed E-state index contributed by atoms with van der Waals surface area (Å²) in [6.07, 6.45) is 7.80. The van der Waals surface area contributed by atoms with Crippen molar-refractivity contribution in [1.82, 2.24) is 14.8 Å². The molecule has 1 fully saturated rings. The lowest BCUT2D eigenvalue weighted by atomic mass is 9.62. The van der Waals surface area contributed by atoms with Crippen LogP contribution in [-0.4, -0.2) is 26.3 Å². The largest absolute Gasteiger partial charge is 0.294 e. The molecule has 0 radical (unpaired) electrons. The fourth-order valence-corrected chi connectivity index (χ4v) is 3.68. The van der Waals surface area contributed by atoms with Gasteiger partial charge in [-0.25, -0.2) is 9.67 Å². The van der Waals surface area contributed by atoms with Gasteiger partial charge in [-0.1, -0.05) is 13.8 Å². The first-order chi connectivity index (χ1) is 10.9. The van der Waals surface area contributed by atoms with Gasteiger partial charge in [0.2, 0.25) is 0 Å². The molecule has 0 bridgehead atoms. The second-order valence-electron chi connectivity index (χ2n) is 7.43. The highest BCUT2D eigenvalue weighted by Crippen LogP contribution is 2.47. The summed E-state index contributed by atoms with van der Waals surface area (Å²) in [5.41, 5.74) is 3.95. The zero-order valence-corrected chi connectivity index (χ0v) is 13.7. The predicted molar refractivity (Wildman–Crippen MR) is 88.6 cm³/mol. The van der Waals surface area contributed by atoms with Crippen LogP contribution in [0.4, 0.5) is 5.82 Å². The van der Waals surface area contributed by atoms with Crippen molar-refractivity contribution < 1.29 is 4.79 Å². The number of aliphatic imine (C=N–C) groups is 1. The highest BCUT2D eigenvalue weighted by atomic mass is 16.1. The fraction of sp³-hybridized carbons (Fsp3) is 0.444. The van der Waals surface area contributed by atoms with Crippen molar-refractivity contribution in [2.45, 2.75) is 40.0 Å². The van der Waals surface area contributed by atoms with Crippen LogP contribution in [0.2, 0.25) is 0 Å². The standard InChI is InChI=1S/C18H20N4O/c1-11-4-5-19-10-15(11)22-17-13(9-20-22)16(23)6-14(21-17)12-7-18(2,3)8-12/h4-5,9-10,12H,6-8H2,1-3H3. The normalized spacial score (nSPS) is 20.0. The third kappa shape index (κ3) is 2.31. The lowest BCUT2D eigenvalue weighted by Gasteiger charge is -2.43. The molecule has 23 heavy (non-hydrogen) atoms. The molecule has 0 saturated heterocycles. The zero-order valence-electron chi connectivity index (χ0n) is 13.7. The molecule has 0 aromatic carbocycles. The molecule has 0 N–H and O–H groups in total. The summed E-state index contributed by atoms with van der Waals surface area (Å²) >= 11 is 0. The van der Waals surface area contributed by atoms with Crippen LogP contribution in [0.25, 0.3) is 5.69 Å². The van der Waals surface area contributed by atoms with Gasteiger partial charge in [0.15, 0.2) is 11.6 Å². The van der Waals surface area contributed by atoms with Crippen LogP contribution < -0.4 is 0 Å². The smallest absolute Gasteiger partial charge is 0.173 e. The van der Waals surface area contributed by atoms with Crippen molar-refractivity contribution in [3.8, 4) is 5.69 Å². The van der Waals surface area contributed by atoms with Crippen LogP contribution in [0.5, 0.6) is 0 Å². The summed E-state index contributed by atoms with van der Waals surface area (Å²) in [5.74, 6) is 1.22. The average Bonchev–Trinajstić information content (AvgIpc) is 2.89. The van der Waals surface area contributed by atoms with E-state index in [0.717, 1.165) is 29.8 Å². The summed E-state index contributed by atoms with van der Waals surface area (Å²) in [7, 11) is 0. The molecular weight excluding hydrogens is 288 g/mol. The van der Waals surface area contributed by atoms with E-state index in [9.17, 15) is 4.79 Å². The quantitative estimate of drug-likeness (QED) is 0.850. The maximum absolute atomic E-state index is 12.5. The molecule has 2 aliphatic rings. The topological polar surface area (TPSA) is 60.1 Å². The minimum atomic E-state index is 0.127. The number of Topliss-reactive ketones (excluding diaryl/α,β-unsaturated/α-hetero) is 1. The number of pyridine rings is 1. The summed E-state index contributed by atoms with van der Waals surface area (Å²) in [4.78, 5) is 21.5. The van der Waals surface area contributed by atoms with E-state index in [1.54, 1.807) is 23.3 Å². The van der Waals surface area contributed by atoms with Crippen LogP contribution in [0.3, 0.4) is 0 Å². The minimum absolute atomic E-state index is 0.127. The molecule has 118 valence electrons. The summed E-state index contributed by atoms with van der Waals surface area (Å²) < 4.78 is 1.75. The fourth-order valence-electron chi connectivity index (χ4n) is 3.68. The number of fused-ring (bicyclic) bond motifs is 1. The Balaban J connectivity index is 1.77. The molecule has 0 spiro atoms. The van der Waals surface area contributed by atoms with Crippen LogP contribution in [0.1, 0.15) is 49.0 Å². The molecule has 3 heterocycles. The minimum Gasteiger partial charge on any atom is -0.294 e. The van der Waals surface area contributed by atoms with Gasteiger partial charge in [-0.2, -0.15) is 5.10 Å². The van der Waals surface area contributed by atoms with E-state index in [2.05, 4.69) is 23.9 Å². The van der Waals surface area contributed by atoms with Crippen LogP contribution in [0.15, 0.2) is 29.6 Å². The predicted octanol–water partition coefficient (Wildman–Crippen LogP) is 3.67.